The minimum Gasteiger partial charge on any atom is -0.200 e. The number of rotatable bonds is 9. The van der Waals surface area contributed by atoms with Gasteiger partial charge < -0.3 is 0 Å². The van der Waals surface area contributed by atoms with Gasteiger partial charge >= 0.3 is 47.6 Å². The summed E-state index contributed by atoms with van der Waals surface area (Å²) in [5, 5.41) is 0. The minimum absolute atomic E-state index is 0.278. The average molecular weight is 580 g/mol. The quantitative estimate of drug-likeness (QED) is 0.256. The topological polar surface area (TPSA) is 0 Å². The minimum atomic E-state index is -8.61. The molecule has 17 heteroatoms. The summed E-state index contributed by atoms with van der Waals surface area (Å²) in [6.07, 6.45) is -11.5. The van der Waals surface area contributed by atoms with Crippen LogP contribution in [0.15, 0.2) is 24.3 Å². The molecule has 0 aliphatic rings. The molecule has 0 heterocycles. The number of aryl methyl sites for hydroxylation is 1. The zero-order valence-corrected chi connectivity index (χ0v) is 18.6. The van der Waals surface area contributed by atoms with Gasteiger partial charge in [0.1, 0.15) is 0 Å². The molecule has 0 saturated heterocycles. The molecule has 1 aromatic rings. The third-order valence-corrected chi connectivity index (χ3v) is 5.33. The Morgan fingerprint density at radius 3 is 1.11 bits per heavy atom. The number of benzene rings is 1. The molecule has 0 bridgehead atoms. The van der Waals surface area contributed by atoms with E-state index in [0.29, 0.717) is 5.56 Å². The molecule has 0 saturated carbocycles. The van der Waals surface area contributed by atoms with Crippen molar-refractivity contribution < 1.29 is 74.6 Å². The van der Waals surface area contributed by atoms with Crippen molar-refractivity contribution in [2.24, 2.45) is 0 Å². The highest BCUT2D eigenvalue weighted by Gasteiger charge is 2.95. The van der Waals surface area contributed by atoms with Gasteiger partial charge in [0.2, 0.25) is 0 Å². The van der Waals surface area contributed by atoms with Crippen molar-refractivity contribution in [2.75, 3.05) is 0 Å². The summed E-state index contributed by atoms with van der Waals surface area (Å²) in [5.74, 6) is -56.1. The standard InChI is InChI=1S/C20H17F17/c1-12(2,3)11-6-4-10(5-7-11)8-9-13(21,22)14(23,24)15(25,26)16(27,28)17(29,30)18(31,32)19(33,34)20(35,36)37/h4-7H,8-9H2,1-3H3. The van der Waals surface area contributed by atoms with E-state index >= 15 is 0 Å². The van der Waals surface area contributed by atoms with E-state index in [9.17, 15) is 74.6 Å². The van der Waals surface area contributed by atoms with Gasteiger partial charge in [0.25, 0.3) is 0 Å². The molecule has 0 aliphatic carbocycles. The highest BCUT2D eigenvalue weighted by atomic mass is 19.4. The van der Waals surface area contributed by atoms with Crippen LogP contribution in [0, 0.1) is 0 Å². The Labute approximate surface area is 197 Å². The van der Waals surface area contributed by atoms with Gasteiger partial charge in [0.05, 0.1) is 0 Å². The molecule has 0 aromatic heterocycles. The molecule has 216 valence electrons. The lowest BCUT2D eigenvalue weighted by Crippen LogP contribution is -2.74. The van der Waals surface area contributed by atoms with Crippen LogP contribution in [0.2, 0.25) is 0 Å². The summed E-state index contributed by atoms with van der Waals surface area (Å²) in [4.78, 5) is 0. The molecule has 1 rings (SSSR count). The summed E-state index contributed by atoms with van der Waals surface area (Å²) in [6, 6.07) is 4.65. The van der Waals surface area contributed by atoms with Crippen LogP contribution >= 0.6 is 0 Å². The van der Waals surface area contributed by atoms with Crippen LogP contribution in [0.5, 0.6) is 0 Å². The Morgan fingerprint density at radius 1 is 0.459 bits per heavy atom. The maximum Gasteiger partial charge on any atom is 0.460 e. The van der Waals surface area contributed by atoms with E-state index in [1.54, 1.807) is 20.8 Å². The fourth-order valence-electron chi connectivity index (χ4n) is 2.83. The van der Waals surface area contributed by atoms with E-state index in [1.165, 1.54) is 12.1 Å². The van der Waals surface area contributed by atoms with Gasteiger partial charge in [0.15, 0.2) is 0 Å². The Kier molecular flexibility index (Phi) is 8.09. The van der Waals surface area contributed by atoms with Gasteiger partial charge in [-0.25, -0.2) is 0 Å². The molecule has 0 radical (unpaired) electrons. The zero-order valence-electron chi connectivity index (χ0n) is 18.6. The predicted octanol–water partition coefficient (Wildman–Crippen LogP) is 8.93. The van der Waals surface area contributed by atoms with Crippen molar-refractivity contribution in [1.82, 2.24) is 0 Å². The molecular formula is C20H17F17. The summed E-state index contributed by atoms with van der Waals surface area (Å²) >= 11 is 0. The molecule has 0 N–H and O–H groups in total. The number of alkyl halides is 17. The van der Waals surface area contributed by atoms with Crippen LogP contribution in [-0.2, 0) is 11.8 Å². The molecule has 0 nitrogen and oxygen atoms in total. The fraction of sp³-hybridized carbons (Fsp3) is 0.700. The van der Waals surface area contributed by atoms with Crippen LogP contribution in [-0.4, -0.2) is 47.6 Å². The first kappa shape index (κ1) is 33.1. The van der Waals surface area contributed by atoms with Crippen molar-refractivity contribution in [2.45, 2.75) is 86.7 Å². The molecule has 0 unspecified atom stereocenters. The van der Waals surface area contributed by atoms with Crippen molar-refractivity contribution in [3.63, 3.8) is 0 Å². The normalized spacial score (nSPS) is 15.8. The Balaban J connectivity index is 3.40. The Hall–Kier alpha value is -1.97. The summed E-state index contributed by atoms with van der Waals surface area (Å²) in [5.41, 5.74) is -0.210. The van der Waals surface area contributed by atoms with Crippen LogP contribution in [0.25, 0.3) is 0 Å². The molecule has 0 atom stereocenters. The van der Waals surface area contributed by atoms with Gasteiger partial charge in [-0.05, 0) is 23.0 Å². The molecule has 0 fully saturated rings. The van der Waals surface area contributed by atoms with E-state index in [4.69, 9.17) is 0 Å². The van der Waals surface area contributed by atoms with Crippen LogP contribution in [0.3, 0.4) is 0 Å². The maximum absolute atomic E-state index is 14.0. The first-order valence-electron chi connectivity index (χ1n) is 9.74. The lowest BCUT2D eigenvalue weighted by atomic mass is 9.85. The second-order valence-corrected chi connectivity index (χ2v) is 9.10. The number of hydrogen-bond donors (Lipinski definition) is 0. The summed E-state index contributed by atoms with van der Waals surface area (Å²) in [6.45, 7) is 5.09. The van der Waals surface area contributed by atoms with E-state index in [0.717, 1.165) is 12.1 Å². The zero-order chi connectivity index (χ0) is 29.9. The molecule has 0 amide bonds. The maximum atomic E-state index is 14.0. The Bertz CT molecular complexity index is 933. The van der Waals surface area contributed by atoms with Gasteiger partial charge in [-0.3, -0.25) is 0 Å². The lowest BCUT2D eigenvalue weighted by molar-refractivity contribution is -0.461. The highest BCUT2D eigenvalue weighted by molar-refractivity contribution is 5.28. The molecular weight excluding hydrogens is 563 g/mol. The van der Waals surface area contributed by atoms with Gasteiger partial charge in [0, 0.05) is 6.42 Å². The molecule has 1 aromatic carbocycles. The van der Waals surface area contributed by atoms with Gasteiger partial charge in [-0.2, -0.15) is 74.6 Å². The summed E-state index contributed by atoms with van der Waals surface area (Å²) < 4.78 is 226. The lowest BCUT2D eigenvalue weighted by Gasteiger charge is -2.42. The summed E-state index contributed by atoms with van der Waals surface area (Å²) in [7, 11) is 0. The molecule has 37 heavy (non-hydrogen) atoms. The second-order valence-electron chi connectivity index (χ2n) is 9.10. The fourth-order valence-corrected chi connectivity index (χ4v) is 2.83. The van der Waals surface area contributed by atoms with E-state index in [2.05, 4.69) is 0 Å². The first-order chi connectivity index (χ1) is 15.9. The Morgan fingerprint density at radius 2 is 0.784 bits per heavy atom. The molecule has 0 aliphatic heterocycles. The number of hydrogen-bond acceptors (Lipinski definition) is 0. The van der Waals surface area contributed by atoms with Crippen molar-refractivity contribution in [3.05, 3.63) is 35.4 Å². The first-order valence-corrected chi connectivity index (χ1v) is 9.74. The van der Waals surface area contributed by atoms with E-state index < -0.39 is 65.9 Å². The number of halogens is 17. The van der Waals surface area contributed by atoms with E-state index in [1.807, 2.05) is 0 Å². The second kappa shape index (κ2) is 9.06. The van der Waals surface area contributed by atoms with E-state index in [-0.39, 0.29) is 5.56 Å². The van der Waals surface area contributed by atoms with Crippen molar-refractivity contribution in [3.8, 4) is 0 Å². The predicted molar refractivity (Wildman–Crippen MR) is 94.1 cm³/mol. The smallest absolute Gasteiger partial charge is 0.200 e. The molecule has 0 spiro atoms. The third kappa shape index (κ3) is 5.06. The van der Waals surface area contributed by atoms with Crippen molar-refractivity contribution in [1.29, 1.82) is 0 Å². The van der Waals surface area contributed by atoms with Crippen molar-refractivity contribution >= 4 is 0 Å². The third-order valence-electron chi connectivity index (χ3n) is 5.33. The monoisotopic (exact) mass is 580 g/mol. The highest BCUT2D eigenvalue weighted by Crippen LogP contribution is 2.64. The van der Waals surface area contributed by atoms with Gasteiger partial charge in [-0.15, -0.1) is 0 Å². The van der Waals surface area contributed by atoms with Crippen LogP contribution < -0.4 is 0 Å². The van der Waals surface area contributed by atoms with Crippen LogP contribution in [0.1, 0.15) is 38.3 Å². The SMILES string of the molecule is CC(C)(C)c1ccc(CCC(F)(F)C(F)(F)C(F)(F)C(F)(F)C(F)(F)C(F)(F)C(F)(F)C(F)(F)F)cc1. The van der Waals surface area contributed by atoms with Crippen LogP contribution in [0.4, 0.5) is 74.6 Å². The van der Waals surface area contributed by atoms with Gasteiger partial charge in [-0.1, -0.05) is 45.0 Å². The largest absolute Gasteiger partial charge is 0.460 e. The average Bonchev–Trinajstić information content (AvgIpc) is 2.70.